The van der Waals surface area contributed by atoms with E-state index in [0.29, 0.717) is 27.1 Å². The fourth-order valence-corrected chi connectivity index (χ4v) is 4.56. The Morgan fingerprint density at radius 3 is 3.04 bits per heavy atom. The third-order valence-corrected chi connectivity index (χ3v) is 5.71. The molecule has 0 fully saturated rings. The number of furan rings is 1. The van der Waals surface area contributed by atoms with Crippen LogP contribution in [0.3, 0.4) is 0 Å². The first-order valence-corrected chi connectivity index (χ1v) is 8.97. The number of amides is 1. The molecule has 6 heteroatoms. The quantitative estimate of drug-likeness (QED) is 0.749. The van der Waals surface area contributed by atoms with Crippen molar-refractivity contribution in [2.45, 2.75) is 32.1 Å². The molecule has 0 unspecified atom stereocenters. The summed E-state index contributed by atoms with van der Waals surface area (Å²) >= 11 is 1.50. The normalized spacial score (nSPS) is 13.4. The van der Waals surface area contributed by atoms with E-state index in [-0.39, 0.29) is 18.1 Å². The summed E-state index contributed by atoms with van der Waals surface area (Å²) in [6.45, 7) is 0. The van der Waals surface area contributed by atoms with E-state index < -0.39 is 0 Å². The summed E-state index contributed by atoms with van der Waals surface area (Å²) in [5, 5.41) is 13.5. The van der Waals surface area contributed by atoms with Crippen LogP contribution in [0.5, 0.6) is 0 Å². The van der Waals surface area contributed by atoms with Crippen LogP contribution in [0.1, 0.15) is 34.4 Å². The largest absolute Gasteiger partial charge is 0.464 e. The van der Waals surface area contributed by atoms with Gasteiger partial charge in [0.2, 0.25) is 5.91 Å². The third kappa shape index (κ3) is 2.92. The fraction of sp³-hybridized carbons (Fsp3) is 0.263. The molecule has 4 rings (SSSR count). The molecule has 0 aliphatic heterocycles. The molecule has 25 heavy (non-hydrogen) atoms. The van der Waals surface area contributed by atoms with Crippen LogP contribution in [0.15, 0.2) is 28.9 Å². The maximum absolute atomic E-state index is 13.4. The van der Waals surface area contributed by atoms with Crippen LogP contribution in [0, 0.1) is 17.1 Å². The number of halogens is 1. The summed E-state index contributed by atoms with van der Waals surface area (Å²) in [6.07, 6.45) is 5.63. The number of rotatable bonds is 3. The zero-order valence-corrected chi connectivity index (χ0v) is 14.2. The maximum Gasteiger partial charge on any atom is 0.229 e. The Morgan fingerprint density at radius 1 is 1.36 bits per heavy atom. The first-order chi connectivity index (χ1) is 12.2. The topological polar surface area (TPSA) is 66.0 Å². The lowest BCUT2D eigenvalue weighted by atomic mass is 9.96. The van der Waals surface area contributed by atoms with E-state index >= 15 is 0 Å². The van der Waals surface area contributed by atoms with Crippen molar-refractivity contribution in [1.82, 2.24) is 0 Å². The van der Waals surface area contributed by atoms with Crippen LogP contribution in [-0.2, 0) is 24.1 Å². The van der Waals surface area contributed by atoms with Gasteiger partial charge in [-0.25, -0.2) is 4.39 Å². The van der Waals surface area contributed by atoms with Gasteiger partial charge in [0.25, 0.3) is 0 Å². The molecule has 1 aliphatic rings. The first kappa shape index (κ1) is 15.9. The van der Waals surface area contributed by atoms with E-state index in [2.05, 4.69) is 11.4 Å². The predicted octanol–water partition coefficient (Wildman–Crippen LogP) is 4.57. The Bertz CT molecular complexity index is 1010. The second-order valence-electron chi connectivity index (χ2n) is 6.15. The number of hydrogen-bond donors (Lipinski definition) is 1. The number of thiophene rings is 1. The zero-order valence-electron chi connectivity index (χ0n) is 13.4. The number of nitrogens with zero attached hydrogens (tertiary/aromatic N) is 1. The molecular formula is C19H15FN2O2S. The molecule has 1 N–H and O–H groups in total. The lowest BCUT2D eigenvalue weighted by Gasteiger charge is -2.09. The maximum atomic E-state index is 13.4. The molecule has 0 bridgehead atoms. The van der Waals surface area contributed by atoms with Gasteiger partial charge in [0.15, 0.2) is 0 Å². The van der Waals surface area contributed by atoms with E-state index in [9.17, 15) is 14.4 Å². The van der Waals surface area contributed by atoms with Crippen LogP contribution < -0.4 is 5.32 Å². The number of hydrogen-bond acceptors (Lipinski definition) is 4. The van der Waals surface area contributed by atoms with Gasteiger partial charge in [0.05, 0.1) is 18.2 Å². The summed E-state index contributed by atoms with van der Waals surface area (Å²) in [5.41, 5.74) is 2.86. The number of nitrogens with one attached hydrogen (secondary N) is 1. The number of anilines is 1. The molecular weight excluding hydrogens is 339 g/mol. The van der Waals surface area contributed by atoms with Crippen molar-refractivity contribution < 1.29 is 13.6 Å². The van der Waals surface area contributed by atoms with Crippen LogP contribution in [0.2, 0.25) is 0 Å². The Hall–Kier alpha value is -2.65. The molecule has 0 radical (unpaired) electrons. The molecule has 2 aromatic heterocycles. The number of benzene rings is 1. The minimum Gasteiger partial charge on any atom is -0.464 e. The summed E-state index contributed by atoms with van der Waals surface area (Å²) in [6, 6.07) is 6.47. The van der Waals surface area contributed by atoms with Gasteiger partial charge in [-0.1, -0.05) is 0 Å². The van der Waals surface area contributed by atoms with Gasteiger partial charge in [-0.2, -0.15) is 5.26 Å². The number of nitriles is 1. The van der Waals surface area contributed by atoms with Crippen molar-refractivity contribution in [3.8, 4) is 6.07 Å². The predicted molar refractivity (Wildman–Crippen MR) is 94.2 cm³/mol. The van der Waals surface area contributed by atoms with Crippen molar-refractivity contribution in [2.24, 2.45) is 0 Å². The summed E-state index contributed by atoms with van der Waals surface area (Å²) < 4.78 is 18.8. The molecule has 0 saturated heterocycles. The lowest BCUT2D eigenvalue weighted by Crippen LogP contribution is -2.14. The van der Waals surface area contributed by atoms with Crippen LogP contribution in [-0.4, -0.2) is 5.91 Å². The number of aryl methyl sites for hydroxylation is 1. The van der Waals surface area contributed by atoms with E-state index in [1.807, 2.05) is 0 Å². The molecule has 3 aromatic rings. The molecule has 1 amide bonds. The van der Waals surface area contributed by atoms with Gasteiger partial charge in [-0.15, -0.1) is 11.3 Å². The van der Waals surface area contributed by atoms with Crippen molar-refractivity contribution >= 4 is 33.2 Å². The highest BCUT2D eigenvalue weighted by Crippen LogP contribution is 2.37. The molecule has 4 nitrogen and oxygen atoms in total. The average Bonchev–Trinajstić information content (AvgIpc) is 3.15. The Labute approximate surface area is 147 Å². The first-order valence-electron chi connectivity index (χ1n) is 8.16. The van der Waals surface area contributed by atoms with Gasteiger partial charge < -0.3 is 9.73 Å². The average molecular weight is 354 g/mol. The van der Waals surface area contributed by atoms with Crippen molar-refractivity contribution in [2.75, 3.05) is 5.32 Å². The highest BCUT2D eigenvalue weighted by Gasteiger charge is 2.22. The molecule has 0 atom stereocenters. The highest BCUT2D eigenvalue weighted by atomic mass is 32.1. The van der Waals surface area contributed by atoms with Crippen LogP contribution in [0.4, 0.5) is 9.39 Å². The monoisotopic (exact) mass is 354 g/mol. The van der Waals surface area contributed by atoms with Gasteiger partial charge in [0, 0.05) is 15.8 Å². The van der Waals surface area contributed by atoms with Crippen molar-refractivity contribution in [1.29, 1.82) is 5.26 Å². The second-order valence-corrected chi connectivity index (χ2v) is 7.26. The fourth-order valence-electron chi connectivity index (χ4n) is 3.31. The van der Waals surface area contributed by atoms with E-state index in [1.54, 1.807) is 6.07 Å². The van der Waals surface area contributed by atoms with Gasteiger partial charge in [-0.3, -0.25) is 4.79 Å². The van der Waals surface area contributed by atoms with E-state index in [4.69, 9.17) is 4.42 Å². The minimum absolute atomic E-state index is 0.0733. The Balaban J connectivity index is 1.57. The zero-order chi connectivity index (χ0) is 17.4. The third-order valence-electron chi connectivity index (χ3n) is 4.50. The van der Waals surface area contributed by atoms with E-state index in [1.165, 1.54) is 34.6 Å². The Kier molecular flexibility index (Phi) is 4.02. The second kappa shape index (κ2) is 6.34. The summed E-state index contributed by atoms with van der Waals surface area (Å²) in [5.74, 6) is -0.602. The number of carbonyl (C=O) groups excluding carboxylic acids is 1. The summed E-state index contributed by atoms with van der Waals surface area (Å²) in [4.78, 5) is 13.6. The standard InChI is InChI=1S/C19H15FN2O2S/c20-12-5-6-16-14(8-12)11(10-24-16)7-18(23)22-19-15(9-21)13-3-1-2-4-17(13)25-19/h5-6,8,10H,1-4,7H2,(H,22,23). The van der Waals surface area contributed by atoms with E-state index in [0.717, 1.165) is 31.2 Å². The molecule has 126 valence electrons. The van der Waals surface area contributed by atoms with Gasteiger partial charge in [-0.05, 0) is 49.4 Å². The Morgan fingerprint density at radius 2 is 2.20 bits per heavy atom. The number of carbonyl (C=O) groups is 1. The molecule has 0 saturated carbocycles. The molecule has 2 heterocycles. The smallest absolute Gasteiger partial charge is 0.229 e. The molecule has 1 aliphatic carbocycles. The SMILES string of the molecule is N#Cc1c(NC(=O)Cc2coc3ccc(F)cc23)sc2c1CCCC2. The summed E-state index contributed by atoms with van der Waals surface area (Å²) in [7, 11) is 0. The van der Waals surface area contributed by atoms with Gasteiger partial charge in [0.1, 0.15) is 22.5 Å². The minimum atomic E-state index is -0.367. The van der Waals surface area contributed by atoms with Crippen molar-refractivity contribution in [3.05, 3.63) is 51.8 Å². The van der Waals surface area contributed by atoms with Crippen LogP contribution >= 0.6 is 11.3 Å². The molecule has 1 aromatic carbocycles. The van der Waals surface area contributed by atoms with Crippen LogP contribution in [0.25, 0.3) is 11.0 Å². The number of fused-ring (bicyclic) bond motifs is 2. The molecule has 0 spiro atoms. The highest BCUT2D eigenvalue weighted by molar-refractivity contribution is 7.16. The van der Waals surface area contributed by atoms with Gasteiger partial charge >= 0.3 is 0 Å². The lowest BCUT2D eigenvalue weighted by molar-refractivity contribution is -0.115. The van der Waals surface area contributed by atoms with Crippen molar-refractivity contribution in [3.63, 3.8) is 0 Å².